The van der Waals surface area contributed by atoms with Crippen molar-refractivity contribution in [1.82, 2.24) is 20.4 Å². The van der Waals surface area contributed by atoms with Gasteiger partial charge in [0.1, 0.15) is 6.54 Å². The highest BCUT2D eigenvalue weighted by atomic mass is 127. The number of nitrogens with zero attached hydrogens (tertiary/aromatic N) is 3. The van der Waals surface area contributed by atoms with Crippen molar-refractivity contribution in [3.63, 3.8) is 0 Å². The number of amides is 1. The van der Waals surface area contributed by atoms with Gasteiger partial charge in [-0.1, -0.05) is 28.1 Å². The van der Waals surface area contributed by atoms with Crippen molar-refractivity contribution in [2.24, 2.45) is 4.99 Å². The molecule has 0 spiro atoms. The lowest BCUT2D eigenvalue weighted by molar-refractivity contribution is -0.119. The number of hydrogen-bond donors (Lipinski definition) is 2. The van der Waals surface area contributed by atoms with Gasteiger partial charge in [-0.05, 0) is 38.5 Å². The molecule has 0 radical (unpaired) electrons. The van der Waals surface area contributed by atoms with E-state index in [1.54, 1.807) is 0 Å². The zero-order valence-corrected chi connectivity index (χ0v) is 20.3. The fourth-order valence-electron chi connectivity index (χ4n) is 3.10. The predicted molar refractivity (Wildman–Crippen MR) is 126 cm³/mol. The normalized spacial score (nSPS) is 16.4. The Bertz CT molecular complexity index is 603. The van der Waals surface area contributed by atoms with Crippen molar-refractivity contribution < 1.29 is 4.79 Å². The molecule has 0 saturated carbocycles. The lowest BCUT2D eigenvalue weighted by Gasteiger charge is -2.39. The summed E-state index contributed by atoms with van der Waals surface area (Å²) in [6, 6.07) is 8.94. The Morgan fingerprint density at radius 2 is 1.70 bits per heavy atom. The average Bonchev–Trinajstić information content (AvgIpc) is 2.65. The van der Waals surface area contributed by atoms with Crippen molar-refractivity contribution in [3.8, 4) is 0 Å². The van der Waals surface area contributed by atoms with Gasteiger partial charge in [-0.25, -0.2) is 4.99 Å². The zero-order chi connectivity index (χ0) is 18.9. The van der Waals surface area contributed by atoms with Gasteiger partial charge >= 0.3 is 0 Å². The molecule has 152 valence electrons. The van der Waals surface area contributed by atoms with Gasteiger partial charge in [0.25, 0.3) is 0 Å². The monoisotopic (exact) mass is 551 g/mol. The van der Waals surface area contributed by atoms with Crippen LogP contribution in [0.25, 0.3) is 0 Å². The number of carbonyl (C=O) groups is 1. The maximum absolute atomic E-state index is 11.7. The van der Waals surface area contributed by atoms with E-state index >= 15 is 0 Å². The van der Waals surface area contributed by atoms with Crippen molar-refractivity contribution in [2.45, 2.75) is 26.8 Å². The van der Waals surface area contributed by atoms with E-state index in [4.69, 9.17) is 0 Å². The van der Waals surface area contributed by atoms with Crippen LogP contribution in [0.5, 0.6) is 0 Å². The van der Waals surface area contributed by atoms with E-state index in [0.717, 1.165) is 43.2 Å². The minimum atomic E-state index is -0.0367. The summed E-state index contributed by atoms with van der Waals surface area (Å²) in [5.41, 5.74) is 1.33. The number of rotatable bonds is 6. The topological polar surface area (TPSA) is 60.0 Å². The summed E-state index contributed by atoms with van der Waals surface area (Å²) < 4.78 is 1.11. The maximum Gasteiger partial charge on any atom is 0.241 e. The average molecular weight is 552 g/mol. The summed E-state index contributed by atoms with van der Waals surface area (Å²) in [4.78, 5) is 20.9. The van der Waals surface area contributed by atoms with Crippen molar-refractivity contribution in [1.29, 1.82) is 0 Å². The molecule has 27 heavy (non-hydrogen) atoms. The molecule has 1 unspecified atom stereocenters. The number of aliphatic imine (C=N–C) groups is 1. The highest BCUT2D eigenvalue weighted by molar-refractivity contribution is 14.0. The number of hydrogen-bond acceptors (Lipinski definition) is 3. The number of likely N-dealkylation sites (N-methyl/N-ethyl adjacent to an activating group) is 1. The first-order valence-electron chi connectivity index (χ1n) is 9.34. The van der Waals surface area contributed by atoms with Gasteiger partial charge < -0.3 is 15.5 Å². The first-order valence-corrected chi connectivity index (χ1v) is 10.1. The summed E-state index contributed by atoms with van der Waals surface area (Å²) in [6.45, 7) is 11.6. The molecule has 1 heterocycles. The minimum Gasteiger partial charge on any atom is -0.357 e. The first-order chi connectivity index (χ1) is 12.5. The molecule has 1 aliphatic rings. The predicted octanol–water partition coefficient (Wildman–Crippen LogP) is 2.85. The van der Waals surface area contributed by atoms with Crippen molar-refractivity contribution in [3.05, 3.63) is 34.3 Å². The molecule has 1 fully saturated rings. The summed E-state index contributed by atoms with van der Waals surface area (Å²) >= 11 is 3.49. The number of piperazine rings is 1. The van der Waals surface area contributed by atoms with Gasteiger partial charge in [0.2, 0.25) is 5.91 Å². The number of nitrogens with one attached hydrogen (secondary N) is 2. The Kier molecular flexibility index (Phi) is 11.2. The van der Waals surface area contributed by atoms with Crippen molar-refractivity contribution >= 4 is 51.8 Å². The highest BCUT2D eigenvalue weighted by Gasteiger charge is 2.23. The molecular weight excluding hydrogens is 521 g/mol. The number of guanidine groups is 1. The summed E-state index contributed by atoms with van der Waals surface area (Å²) in [5.74, 6) is 0.792. The second kappa shape index (κ2) is 12.6. The third-order valence-corrected chi connectivity index (χ3v) is 5.12. The van der Waals surface area contributed by atoms with Crippen LogP contribution in [0.2, 0.25) is 0 Å². The van der Waals surface area contributed by atoms with E-state index in [0.29, 0.717) is 12.6 Å². The summed E-state index contributed by atoms with van der Waals surface area (Å²) in [5, 5.41) is 6.09. The van der Waals surface area contributed by atoms with E-state index in [1.165, 1.54) is 5.56 Å². The van der Waals surface area contributed by atoms with Crippen LogP contribution in [0.15, 0.2) is 33.7 Å². The molecule has 6 nitrogen and oxygen atoms in total. The van der Waals surface area contributed by atoms with Crippen LogP contribution in [-0.2, 0) is 4.79 Å². The van der Waals surface area contributed by atoms with Crippen molar-refractivity contribution in [2.75, 3.05) is 45.8 Å². The minimum absolute atomic E-state index is 0. The van der Waals surface area contributed by atoms with Gasteiger partial charge in [0, 0.05) is 49.8 Å². The van der Waals surface area contributed by atoms with Crippen LogP contribution < -0.4 is 10.6 Å². The van der Waals surface area contributed by atoms with E-state index in [1.807, 2.05) is 13.8 Å². The molecule has 0 aromatic heterocycles. The molecule has 2 N–H and O–H groups in total. The Hall–Kier alpha value is -0.870. The van der Waals surface area contributed by atoms with Crippen LogP contribution in [-0.4, -0.2) is 67.5 Å². The van der Waals surface area contributed by atoms with E-state index < -0.39 is 0 Å². The molecule has 1 aromatic carbocycles. The molecular formula is C19H31BrIN5O. The Morgan fingerprint density at radius 3 is 2.26 bits per heavy atom. The molecule has 1 amide bonds. The lowest BCUT2D eigenvalue weighted by atomic mass is 10.1. The van der Waals surface area contributed by atoms with E-state index in [2.05, 4.69) is 72.5 Å². The molecule has 8 heteroatoms. The molecule has 1 aliphatic heterocycles. The number of halogens is 2. The van der Waals surface area contributed by atoms with Crippen LogP contribution in [0.1, 0.15) is 32.4 Å². The van der Waals surface area contributed by atoms with Gasteiger partial charge in [-0.15, -0.1) is 24.0 Å². The Morgan fingerprint density at radius 1 is 1.11 bits per heavy atom. The molecule has 0 bridgehead atoms. The Labute approximate surface area is 188 Å². The third kappa shape index (κ3) is 7.57. The smallest absolute Gasteiger partial charge is 0.241 e. The van der Waals surface area contributed by atoms with Gasteiger partial charge in [0.15, 0.2) is 5.96 Å². The molecule has 2 rings (SSSR count). The van der Waals surface area contributed by atoms with Crippen LogP contribution in [0.3, 0.4) is 0 Å². The van der Waals surface area contributed by atoms with Gasteiger partial charge in [-0.2, -0.15) is 0 Å². The summed E-state index contributed by atoms with van der Waals surface area (Å²) in [6.07, 6.45) is 0. The zero-order valence-electron chi connectivity index (χ0n) is 16.4. The van der Waals surface area contributed by atoms with Crippen LogP contribution in [0.4, 0.5) is 0 Å². The quantitative estimate of drug-likeness (QED) is 0.324. The Balaban J connectivity index is 0.00000364. The second-order valence-electron chi connectivity index (χ2n) is 6.37. The standard InChI is InChI=1S/C19H30BrN5O.HI/c1-4-21-18(26)14-23-19(22-5-2)25-12-10-24(11-13-25)15(3)16-6-8-17(20)9-7-16;/h6-9,15H,4-5,10-14H2,1-3H3,(H,21,26)(H,22,23);1H. The van der Waals surface area contributed by atoms with Gasteiger partial charge in [-0.3, -0.25) is 9.69 Å². The molecule has 1 atom stereocenters. The molecule has 1 saturated heterocycles. The summed E-state index contributed by atoms with van der Waals surface area (Å²) in [7, 11) is 0. The van der Waals surface area contributed by atoms with Crippen LogP contribution in [0, 0.1) is 0 Å². The first kappa shape index (κ1) is 24.2. The van der Waals surface area contributed by atoms with E-state index in [-0.39, 0.29) is 36.4 Å². The SMILES string of the molecule is CCNC(=O)CN=C(NCC)N1CCN(C(C)c2ccc(Br)cc2)CC1.I. The second-order valence-corrected chi connectivity index (χ2v) is 7.29. The fourth-order valence-corrected chi connectivity index (χ4v) is 3.36. The fraction of sp³-hybridized carbons (Fsp3) is 0.579. The number of carbonyl (C=O) groups excluding carboxylic acids is 1. The largest absolute Gasteiger partial charge is 0.357 e. The third-order valence-electron chi connectivity index (χ3n) is 4.60. The number of benzene rings is 1. The van der Waals surface area contributed by atoms with Crippen LogP contribution >= 0.6 is 39.9 Å². The highest BCUT2D eigenvalue weighted by Crippen LogP contribution is 2.23. The van der Waals surface area contributed by atoms with E-state index in [9.17, 15) is 4.79 Å². The lowest BCUT2D eigenvalue weighted by Crippen LogP contribution is -2.53. The molecule has 0 aliphatic carbocycles. The maximum atomic E-state index is 11.7. The van der Waals surface area contributed by atoms with Gasteiger partial charge in [0.05, 0.1) is 0 Å². The molecule has 1 aromatic rings.